The van der Waals surface area contributed by atoms with E-state index >= 15 is 0 Å². The summed E-state index contributed by atoms with van der Waals surface area (Å²) in [5.74, 6) is 6.67. The van der Waals surface area contributed by atoms with E-state index in [2.05, 4.69) is 47.6 Å². The van der Waals surface area contributed by atoms with Crippen LogP contribution in [0.25, 0.3) is 0 Å². The van der Waals surface area contributed by atoms with Gasteiger partial charge in [0.15, 0.2) is 0 Å². The summed E-state index contributed by atoms with van der Waals surface area (Å²) >= 11 is 0. The molecule has 19 heavy (non-hydrogen) atoms. The van der Waals surface area contributed by atoms with Crippen LogP contribution < -0.4 is 0 Å². The van der Waals surface area contributed by atoms with E-state index < -0.39 is 0 Å². The van der Waals surface area contributed by atoms with Gasteiger partial charge in [0.2, 0.25) is 0 Å². The van der Waals surface area contributed by atoms with Gasteiger partial charge in [0.05, 0.1) is 0 Å². The SMILES string of the molecule is CCC=C1CC(C(C)C(CC)C2CC(C)C2C)C1C. The highest BCUT2D eigenvalue weighted by Crippen LogP contribution is 2.53. The van der Waals surface area contributed by atoms with Gasteiger partial charge >= 0.3 is 0 Å². The third kappa shape index (κ3) is 2.65. The summed E-state index contributed by atoms with van der Waals surface area (Å²) < 4.78 is 0. The van der Waals surface area contributed by atoms with Gasteiger partial charge in [0, 0.05) is 0 Å². The normalized spacial score (nSPS) is 43.5. The molecule has 110 valence electrons. The van der Waals surface area contributed by atoms with Crippen molar-refractivity contribution in [2.24, 2.45) is 41.4 Å². The van der Waals surface area contributed by atoms with Crippen molar-refractivity contribution in [1.82, 2.24) is 0 Å². The van der Waals surface area contributed by atoms with Crippen molar-refractivity contribution in [2.75, 3.05) is 0 Å². The Morgan fingerprint density at radius 1 is 1.16 bits per heavy atom. The summed E-state index contributed by atoms with van der Waals surface area (Å²) in [7, 11) is 0. The molecule has 0 spiro atoms. The number of hydrogen-bond acceptors (Lipinski definition) is 0. The van der Waals surface area contributed by atoms with Gasteiger partial charge in [-0.2, -0.15) is 0 Å². The molecule has 0 aromatic heterocycles. The summed E-state index contributed by atoms with van der Waals surface area (Å²) in [6.07, 6.45) is 7.96. The Morgan fingerprint density at radius 2 is 1.84 bits per heavy atom. The molecule has 2 rings (SSSR count). The zero-order valence-corrected chi connectivity index (χ0v) is 13.9. The smallest absolute Gasteiger partial charge is 0.0197 e. The van der Waals surface area contributed by atoms with Crippen molar-refractivity contribution < 1.29 is 0 Å². The van der Waals surface area contributed by atoms with Gasteiger partial charge in [0.25, 0.3) is 0 Å². The van der Waals surface area contributed by atoms with Crippen LogP contribution in [-0.4, -0.2) is 0 Å². The Labute approximate surface area is 121 Å². The minimum Gasteiger partial charge on any atom is -0.0853 e. The van der Waals surface area contributed by atoms with Gasteiger partial charge in [-0.15, -0.1) is 0 Å². The summed E-state index contributed by atoms with van der Waals surface area (Å²) in [6, 6.07) is 0. The lowest BCUT2D eigenvalue weighted by Gasteiger charge is -2.52. The van der Waals surface area contributed by atoms with Crippen LogP contribution in [0.3, 0.4) is 0 Å². The molecule has 0 heteroatoms. The molecule has 0 aromatic rings. The van der Waals surface area contributed by atoms with Crippen molar-refractivity contribution in [2.45, 2.75) is 67.2 Å². The fraction of sp³-hybridized carbons (Fsp3) is 0.895. The lowest BCUT2D eigenvalue weighted by Crippen LogP contribution is -2.44. The average molecular weight is 262 g/mol. The van der Waals surface area contributed by atoms with E-state index in [0.717, 1.165) is 41.4 Å². The summed E-state index contributed by atoms with van der Waals surface area (Å²) in [5, 5.41) is 0. The van der Waals surface area contributed by atoms with Crippen molar-refractivity contribution in [1.29, 1.82) is 0 Å². The predicted octanol–water partition coefficient (Wildman–Crippen LogP) is 5.93. The number of allylic oxidation sites excluding steroid dienone is 2. The van der Waals surface area contributed by atoms with Gasteiger partial charge in [-0.3, -0.25) is 0 Å². The van der Waals surface area contributed by atoms with Gasteiger partial charge < -0.3 is 0 Å². The molecular weight excluding hydrogens is 228 g/mol. The molecular formula is C19H34. The first-order chi connectivity index (χ1) is 9.01. The van der Waals surface area contributed by atoms with Crippen LogP contribution in [0.5, 0.6) is 0 Å². The number of hydrogen-bond donors (Lipinski definition) is 0. The summed E-state index contributed by atoms with van der Waals surface area (Å²) in [4.78, 5) is 0. The molecule has 2 saturated carbocycles. The lowest BCUT2D eigenvalue weighted by molar-refractivity contribution is -0.00539. The first-order valence-corrected chi connectivity index (χ1v) is 8.70. The summed E-state index contributed by atoms with van der Waals surface area (Å²) in [6.45, 7) is 14.6. The molecule has 0 heterocycles. The molecule has 0 aliphatic heterocycles. The molecule has 0 amide bonds. The van der Waals surface area contributed by atoms with E-state index in [0.29, 0.717) is 0 Å². The van der Waals surface area contributed by atoms with E-state index in [1.165, 1.54) is 25.7 Å². The van der Waals surface area contributed by atoms with E-state index in [1.54, 1.807) is 5.57 Å². The van der Waals surface area contributed by atoms with Crippen LogP contribution in [0.4, 0.5) is 0 Å². The third-order valence-electron chi connectivity index (χ3n) is 6.75. The molecule has 7 unspecified atom stereocenters. The minimum absolute atomic E-state index is 0.858. The van der Waals surface area contributed by atoms with Crippen molar-refractivity contribution >= 4 is 0 Å². The van der Waals surface area contributed by atoms with E-state index in [4.69, 9.17) is 0 Å². The zero-order chi connectivity index (χ0) is 14.2. The molecule has 0 aromatic carbocycles. The Morgan fingerprint density at radius 3 is 2.26 bits per heavy atom. The Bertz CT molecular complexity index is 327. The van der Waals surface area contributed by atoms with Crippen molar-refractivity contribution in [3.8, 4) is 0 Å². The first kappa shape index (κ1) is 15.1. The summed E-state index contributed by atoms with van der Waals surface area (Å²) in [5.41, 5.74) is 1.74. The molecule has 0 nitrogen and oxygen atoms in total. The minimum atomic E-state index is 0.858. The molecule has 2 fully saturated rings. The highest BCUT2D eigenvalue weighted by Gasteiger charge is 2.45. The van der Waals surface area contributed by atoms with Crippen molar-refractivity contribution in [3.63, 3.8) is 0 Å². The van der Waals surface area contributed by atoms with Crippen LogP contribution in [0.15, 0.2) is 11.6 Å². The van der Waals surface area contributed by atoms with Gasteiger partial charge in [0.1, 0.15) is 0 Å². The standard InChI is InChI=1S/C19H34/c1-7-9-16-11-18(14(16)5)15(6)17(8-2)19-10-12(3)13(19)4/h9,12-15,17-19H,7-8,10-11H2,1-6H3. The molecule has 7 atom stereocenters. The Hall–Kier alpha value is -0.260. The highest BCUT2D eigenvalue weighted by atomic mass is 14.5. The van der Waals surface area contributed by atoms with Crippen molar-refractivity contribution in [3.05, 3.63) is 11.6 Å². The molecule has 2 aliphatic rings. The molecule has 0 N–H and O–H groups in total. The lowest BCUT2D eigenvalue weighted by atomic mass is 9.53. The first-order valence-electron chi connectivity index (χ1n) is 8.70. The largest absolute Gasteiger partial charge is 0.0853 e. The van der Waals surface area contributed by atoms with Crippen LogP contribution >= 0.6 is 0 Å². The second kappa shape index (κ2) is 6.02. The number of rotatable bonds is 5. The van der Waals surface area contributed by atoms with Crippen LogP contribution in [0.2, 0.25) is 0 Å². The fourth-order valence-corrected chi connectivity index (χ4v) is 4.95. The molecule has 0 bridgehead atoms. The van der Waals surface area contributed by atoms with E-state index in [9.17, 15) is 0 Å². The van der Waals surface area contributed by atoms with Gasteiger partial charge in [-0.25, -0.2) is 0 Å². The fourth-order valence-electron chi connectivity index (χ4n) is 4.95. The average Bonchev–Trinajstić information content (AvgIpc) is 2.41. The Balaban J connectivity index is 1.95. The maximum absolute atomic E-state index is 2.55. The van der Waals surface area contributed by atoms with Gasteiger partial charge in [-0.05, 0) is 60.7 Å². The molecule has 0 saturated heterocycles. The second-order valence-electron chi connectivity index (χ2n) is 7.51. The van der Waals surface area contributed by atoms with Crippen LogP contribution in [0, 0.1) is 41.4 Å². The predicted molar refractivity (Wildman–Crippen MR) is 85.0 cm³/mol. The topological polar surface area (TPSA) is 0 Å². The maximum atomic E-state index is 2.55. The third-order valence-corrected chi connectivity index (χ3v) is 6.75. The monoisotopic (exact) mass is 262 g/mol. The highest BCUT2D eigenvalue weighted by molar-refractivity contribution is 5.18. The molecule has 2 aliphatic carbocycles. The van der Waals surface area contributed by atoms with E-state index in [1.807, 2.05) is 0 Å². The van der Waals surface area contributed by atoms with Gasteiger partial charge in [-0.1, -0.05) is 59.6 Å². The second-order valence-corrected chi connectivity index (χ2v) is 7.51. The van der Waals surface area contributed by atoms with Crippen LogP contribution in [0.1, 0.15) is 67.2 Å². The molecule has 0 radical (unpaired) electrons. The quantitative estimate of drug-likeness (QED) is 0.538. The van der Waals surface area contributed by atoms with Crippen LogP contribution in [-0.2, 0) is 0 Å². The zero-order valence-electron chi connectivity index (χ0n) is 13.9. The maximum Gasteiger partial charge on any atom is -0.0197 e. The van der Waals surface area contributed by atoms with E-state index in [-0.39, 0.29) is 0 Å². The Kier molecular flexibility index (Phi) is 4.79.